The van der Waals surface area contributed by atoms with Gasteiger partial charge in [0.15, 0.2) is 23.3 Å². The molecule has 0 saturated carbocycles. The van der Waals surface area contributed by atoms with Gasteiger partial charge in [0.05, 0.1) is 5.56 Å². The highest BCUT2D eigenvalue weighted by atomic mass is 79.9. The van der Waals surface area contributed by atoms with Crippen LogP contribution in [0.25, 0.3) is 11.1 Å². The fourth-order valence-corrected chi connectivity index (χ4v) is 2.66. The second-order valence-electron chi connectivity index (χ2n) is 5.62. The first kappa shape index (κ1) is 20.2. The Hall–Kier alpha value is -2.55. The molecule has 0 aliphatic rings. The first-order valence-electron chi connectivity index (χ1n) is 7.56. The molecule has 0 bridgehead atoms. The largest absolute Gasteiger partial charge is 0.429 e. The molecule has 146 valence electrons. The van der Waals surface area contributed by atoms with Crippen molar-refractivity contribution in [3.63, 3.8) is 0 Å². The minimum atomic E-state index is -3.95. The Labute approximate surface area is 162 Å². The maximum absolute atomic E-state index is 14.3. The van der Waals surface area contributed by atoms with E-state index in [1.807, 2.05) is 0 Å². The summed E-state index contributed by atoms with van der Waals surface area (Å²) < 4.78 is 102. The van der Waals surface area contributed by atoms with E-state index >= 15 is 0 Å². The van der Waals surface area contributed by atoms with E-state index in [2.05, 4.69) is 20.7 Å². The Morgan fingerprint density at radius 1 is 0.679 bits per heavy atom. The monoisotopic (exact) mass is 464 g/mol. The first-order chi connectivity index (χ1) is 13.1. The fraction of sp³-hybridized carbons (Fsp3) is 0.0526. The summed E-state index contributed by atoms with van der Waals surface area (Å²) in [7, 11) is 0. The quantitative estimate of drug-likeness (QED) is 0.231. The molecule has 0 radical (unpaired) electrons. The summed E-state index contributed by atoms with van der Waals surface area (Å²) in [6.07, 6.45) is -3.95. The van der Waals surface area contributed by atoms with Gasteiger partial charge in [-0.05, 0) is 42.5 Å². The molecule has 3 aromatic carbocycles. The van der Waals surface area contributed by atoms with Crippen molar-refractivity contribution in [2.24, 2.45) is 0 Å². The molecule has 0 aliphatic heterocycles. The number of ether oxygens (including phenoxy) is 1. The molecule has 0 aliphatic carbocycles. The average Bonchev–Trinajstić information content (AvgIpc) is 2.65. The Kier molecular flexibility index (Phi) is 5.38. The van der Waals surface area contributed by atoms with Crippen molar-refractivity contribution < 1.29 is 35.5 Å². The highest BCUT2D eigenvalue weighted by Crippen LogP contribution is 2.36. The van der Waals surface area contributed by atoms with E-state index in [-0.39, 0.29) is 11.8 Å². The van der Waals surface area contributed by atoms with E-state index in [0.29, 0.717) is 22.7 Å². The van der Waals surface area contributed by atoms with Gasteiger partial charge in [-0.1, -0.05) is 22.0 Å². The van der Waals surface area contributed by atoms with E-state index < -0.39 is 51.9 Å². The van der Waals surface area contributed by atoms with Crippen molar-refractivity contribution >= 4 is 15.9 Å². The second kappa shape index (κ2) is 7.46. The number of rotatable bonds is 4. The topological polar surface area (TPSA) is 9.23 Å². The van der Waals surface area contributed by atoms with Crippen LogP contribution in [0.3, 0.4) is 0 Å². The number of benzene rings is 3. The molecular weight excluding hydrogens is 457 g/mol. The van der Waals surface area contributed by atoms with Crippen molar-refractivity contribution in [1.29, 1.82) is 0 Å². The third-order valence-electron chi connectivity index (χ3n) is 3.76. The van der Waals surface area contributed by atoms with Gasteiger partial charge in [0.1, 0.15) is 11.6 Å². The Bertz CT molecular complexity index is 1040. The molecule has 0 heterocycles. The number of alkyl halides is 2. The molecule has 0 amide bonds. The van der Waals surface area contributed by atoms with Gasteiger partial charge in [-0.15, -0.1) is 0 Å². The third-order valence-corrected chi connectivity index (χ3v) is 4.29. The van der Waals surface area contributed by atoms with Gasteiger partial charge in [-0.25, -0.2) is 22.0 Å². The van der Waals surface area contributed by atoms with Crippen LogP contribution in [0.15, 0.2) is 53.0 Å². The summed E-state index contributed by atoms with van der Waals surface area (Å²) >= 11 is 3.13. The van der Waals surface area contributed by atoms with Crippen molar-refractivity contribution in [3.05, 3.63) is 87.7 Å². The number of hydrogen-bond acceptors (Lipinski definition) is 1. The van der Waals surface area contributed by atoms with E-state index in [9.17, 15) is 30.7 Å². The molecule has 1 nitrogen and oxygen atoms in total. The molecule has 0 unspecified atom stereocenters. The van der Waals surface area contributed by atoms with Crippen molar-refractivity contribution in [2.75, 3.05) is 0 Å². The summed E-state index contributed by atoms with van der Waals surface area (Å²) in [4.78, 5) is 0. The SMILES string of the molecule is Fc1cc(C(F)(F)Oc2ccc(Br)cc2)ccc1-c1cc(F)c(F)c(F)c1F. The Balaban J connectivity index is 1.97. The highest BCUT2D eigenvalue weighted by Gasteiger charge is 2.35. The van der Waals surface area contributed by atoms with Gasteiger partial charge in [-0.2, -0.15) is 8.78 Å². The van der Waals surface area contributed by atoms with Crippen LogP contribution in [0.5, 0.6) is 5.75 Å². The van der Waals surface area contributed by atoms with Gasteiger partial charge in [0.25, 0.3) is 0 Å². The van der Waals surface area contributed by atoms with Crippen LogP contribution in [0, 0.1) is 29.1 Å². The van der Waals surface area contributed by atoms with E-state index in [0.717, 1.165) is 0 Å². The van der Waals surface area contributed by atoms with Crippen LogP contribution in [0.2, 0.25) is 0 Å². The summed E-state index contributed by atoms with van der Waals surface area (Å²) in [5.74, 6) is -9.40. The zero-order valence-electron chi connectivity index (χ0n) is 13.6. The van der Waals surface area contributed by atoms with Crippen molar-refractivity contribution in [3.8, 4) is 16.9 Å². The molecule has 0 atom stereocenters. The first-order valence-corrected chi connectivity index (χ1v) is 8.35. The maximum atomic E-state index is 14.3. The van der Waals surface area contributed by atoms with Gasteiger partial charge in [0, 0.05) is 15.6 Å². The van der Waals surface area contributed by atoms with Gasteiger partial charge in [0.2, 0.25) is 0 Å². The van der Waals surface area contributed by atoms with E-state index in [1.165, 1.54) is 24.3 Å². The van der Waals surface area contributed by atoms with Crippen molar-refractivity contribution in [1.82, 2.24) is 0 Å². The summed E-state index contributed by atoms with van der Waals surface area (Å²) in [5, 5.41) is 0. The molecule has 0 spiro atoms. The lowest BCUT2D eigenvalue weighted by molar-refractivity contribution is -0.185. The normalized spacial score (nSPS) is 11.6. The number of hydrogen-bond donors (Lipinski definition) is 0. The van der Waals surface area contributed by atoms with Crippen LogP contribution in [0.1, 0.15) is 5.56 Å². The molecule has 3 rings (SSSR count). The van der Waals surface area contributed by atoms with Crippen molar-refractivity contribution in [2.45, 2.75) is 6.11 Å². The van der Waals surface area contributed by atoms with Gasteiger partial charge >= 0.3 is 6.11 Å². The van der Waals surface area contributed by atoms with Crippen LogP contribution < -0.4 is 4.74 Å². The molecule has 0 aromatic heterocycles. The molecular formula is C19H8BrF7O. The predicted octanol–water partition coefficient (Wildman–Crippen LogP) is 6.94. The Morgan fingerprint density at radius 2 is 1.32 bits per heavy atom. The van der Waals surface area contributed by atoms with Crippen LogP contribution >= 0.6 is 15.9 Å². The minimum absolute atomic E-state index is 0.202. The average molecular weight is 465 g/mol. The van der Waals surface area contributed by atoms with Crippen LogP contribution in [-0.4, -0.2) is 0 Å². The molecule has 0 saturated heterocycles. The highest BCUT2D eigenvalue weighted by molar-refractivity contribution is 9.10. The zero-order valence-corrected chi connectivity index (χ0v) is 15.1. The summed E-state index contributed by atoms with van der Waals surface area (Å²) in [6, 6.07) is 7.39. The zero-order chi connectivity index (χ0) is 20.6. The molecule has 0 fully saturated rings. The van der Waals surface area contributed by atoms with Gasteiger partial charge in [-0.3, -0.25) is 0 Å². The lowest BCUT2D eigenvalue weighted by Gasteiger charge is -2.19. The molecule has 3 aromatic rings. The lowest BCUT2D eigenvalue weighted by Crippen LogP contribution is -2.22. The minimum Gasteiger partial charge on any atom is -0.429 e. The van der Waals surface area contributed by atoms with Crippen LogP contribution in [0.4, 0.5) is 30.7 Å². The maximum Gasteiger partial charge on any atom is 0.426 e. The number of halogens is 8. The molecule has 9 heteroatoms. The summed E-state index contributed by atoms with van der Waals surface area (Å²) in [6.45, 7) is 0. The smallest absolute Gasteiger partial charge is 0.426 e. The Morgan fingerprint density at radius 3 is 1.93 bits per heavy atom. The van der Waals surface area contributed by atoms with E-state index in [1.54, 1.807) is 0 Å². The van der Waals surface area contributed by atoms with Crippen LogP contribution in [-0.2, 0) is 6.11 Å². The second-order valence-corrected chi connectivity index (χ2v) is 6.53. The lowest BCUT2D eigenvalue weighted by atomic mass is 10.0. The predicted molar refractivity (Wildman–Crippen MR) is 90.3 cm³/mol. The molecule has 0 N–H and O–H groups in total. The third kappa shape index (κ3) is 3.84. The summed E-state index contributed by atoms with van der Waals surface area (Å²) in [5.41, 5.74) is -2.59. The van der Waals surface area contributed by atoms with Gasteiger partial charge < -0.3 is 4.74 Å². The van der Waals surface area contributed by atoms with E-state index in [4.69, 9.17) is 0 Å². The standard InChI is InChI=1S/C19H8BrF7O/c20-10-2-4-11(5-3-10)28-19(26,27)9-1-6-12(14(21)7-9)13-8-15(22)17(24)18(25)16(13)23/h1-8H. The molecule has 28 heavy (non-hydrogen) atoms. The fourth-order valence-electron chi connectivity index (χ4n) is 2.39.